The number of methoxy groups -OCH3 is 1. The lowest BCUT2D eigenvalue weighted by molar-refractivity contribution is -0.122. The van der Waals surface area contributed by atoms with E-state index in [4.69, 9.17) is 10.5 Å². The first-order chi connectivity index (χ1) is 9.35. The third-order valence-corrected chi connectivity index (χ3v) is 3.33. The fourth-order valence-corrected chi connectivity index (χ4v) is 1.79. The zero-order valence-corrected chi connectivity index (χ0v) is 12.4. The predicted molar refractivity (Wildman–Crippen MR) is 76.9 cm³/mol. The van der Waals surface area contributed by atoms with Gasteiger partial charge in [-0.2, -0.15) is 0 Å². The molecule has 1 amide bonds. The Morgan fingerprint density at radius 2 is 2.05 bits per heavy atom. The maximum atomic E-state index is 13.6. The molecule has 0 aromatic heterocycles. The van der Waals surface area contributed by atoms with E-state index in [1.165, 1.54) is 13.2 Å². The number of nitrogens with one attached hydrogen (secondary N) is 1. The van der Waals surface area contributed by atoms with Gasteiger partial charge in [-0.1, -0.05) is 19.9 Å². The van der Waals surface area contributed by atoms with Crippen molar-refractivity contribution in [3.8, 4) is 5.75 Å². The molecule has 0 heterocycles. The van der Waals surface area contributed by atoms with Gasteiger partial charge in [0.15, 0.2) is 11.6 Å². The van der Waals surface area contributed by atoms with Crippen LogP contribution in [0.25, 0.3) is 0 Å². The number of hydrogen-bond donors (Lipinski definition) is 2. The van der Waals surface area contributed by atoms with Crippen molar-refractivity contribution in [1.82, 2.24) is 5.32 Å². The summed E-state index contributed by atoms with van der Waals surface area (Å²) in [5.74, 6) is -0.136. The van der Waals surface area contributed by atoms with Crippen LogP contribution in [0.15, 0.2) is 18.2 Å². The maximum Gasteiger partial charge on any atom is 0.222 e. The molecule has 112 valence electrons. The standard InChI is InChI=1S/C15H23FN2O2/c1-9(2)13(17)8-15(19)18-10(3)11-5-6-14(20-4)12(16)7-11/h5-7,9-10,13H,8,17H2,1-4H3,(H,18,19). The van der Waals surface area contributed by atoms with Gasteiger partial charge in [0.2, 0.25) is 5.91 Å². The molecule has 0 radical (unpaired) electrons. The highest BCUT2D eigenvalue weighted by Gasteiger charge is 2.16. The molecule has 3 N–H and O–H groups in total. The largest absolute Gasteiger partial charge is 0.494 e. The van der Waals surface area contributed by atoms with Gasteiger partial charge in [-0.05, 0) is 30.5 Å². The highest BCUT2D eigenvalue weighted by molar-refractivity contribution is 5.77. The number of halogens is 1. The van der Waals surface area contributed by atoms with Gasteiger partial charge in [-0.3, -0.25) is 4.79 Å². The minimum absolute atomic E-state index is 0.130. The monoisotopic (exact) mass is 282 g/mol. The number of ether oxygens (including phenoxy) is 1. The molecule has 2 atom stereocenters. The van der Waals surface area contributed by atoms with Crippen LogP contribution in [-0.4, -0.2) is 19.1 Å². The van der Waals surface area contributed by atoms with Crippen molar-refractivity contribution >= 4 is 5.91 Å². The van der Waals surface area contributed by atoms with Gasteiger partial charge in [0, 0.05) is 12.5 Å². The summed E-state index contributed by atoms with van der Waals surface area (Å²) in [6, 6.07) is 4.20. The van der Waals surface area contributed by atoms with E-state index in [0.29, 0.717) is 5.56 Å². The number of hydrogen-bond acceptors (Lipinski definition) is 3. The predicted octanol–water partition coefficient (Wildman–Crippen LogP) is 2.38. The summed E-state index contributed by atoms with van der Waals surface area (Å²) in [6.07, 6.45) is 0.265. The Morgan fingerprint density at radius 3 is 2.55 bits per heavy atom. The Labute approximate surface area is 119 Å². The molecule has 1 rings (SSSR count). The van der Waals surface area contributed by atoms with E-state index in [2.05, 4.69) is 5.32 Å². The first kappa shape index (κ1) is 16.4. The van der Waals surface area contributed by atoms with Crippen molar-refractivity contribution < 1.29 is 13.9 Å². The second-order valence-electron chi connectivity index (χ2n) is 5.30. The van der Waals surface area contributed by atoms with E-state index < -0.39 is 5.82 Å². The molecular formula is C15H23FN2O2. The molecule has 0 saturated heterocycles. The molecule has 2 unspecified atom stereocenters. The lowest BCUT2D eigenvalue weighted by atomic mass is 10.0. The minimum atomic E-state index is -0.440. The first-order valence-corrected chi connectivity index (χ1v) is 6.73. The van der Waals surface area contributed by atoms with E-state index in [1.54, 1.807) is 19.1 Å². The molecule has 20 heavy (non-hydrogen) atoms. The lowest BCUT2D eigenvalue weighted by Gasteiger charge is -2.19. The van der Waals surface area contributed by atoms with Crippen molar-refractivity contribution in [2.45, 2.75) is 39.3 Å². The van der Waals surface area contributed by atoms with E-state index in [-0.39, 0.29) is 36.1 Å². The maximum absolute atomic E-state index is 13.6. The number of benzene rings is 1. The Balaban J connectivity index is 2.64. The fourth-order valence-electron chi connectivity index (χ4n) is 1.79. The van der Waals surface area contributed by atoms with Crippen LogP contribution in [-0.2, 0) is 4.79 Å². The van der Waals surface area contributed by atoms with Gasteiger partial charge in [-0.25, -0.2) is 4.39 Å². The minimum Gasteiger partial charge on any atom is -0.494 e. The van der Waals surface area contributed by atoms with Crippen LogP contribution in [0.3, 0.4) is 0 Å². The zero-order valence-electron chi connectivity index (χ0n) is 12.4. The molecule has 0 fully saturated rings. The average molecular weight is 282 g/mol. The van der Waals surface area contributed by atoms with Gasteiger partial charge >= 0.3 is 0 Å². The second-order valence-corrected chi connectivity index (χ2v) is 5.30. The molecule has 0 aliphatic carbocycles. The third-order valence-electron chi connectivity index (χ3n) is 3.33. The molecule has 0 spiro atoms. The SMILES string of the molecule is COc1ccc(C(C)NC(=O)CC(N)C(C)C)cc1F. The summed E-state index contributed by atoms with van der Waals surface area (Å²) >= 11 is 0. The van der Waals surface area contributed by atoms with Gasteiger partial charge in [0.25, 0.3) is 0 Å². The van der Waals surface area contributed by atoms with Crippen molar-refractivity contribution in [3.05, 3.63) is 29.6 Å². The van der Waals surface area contributed by atoms with Gasteiger partial charge in [0.1, 0.15) is 0 Å². The van der Waals surface area contributed by atoms with E-state index >= 15 is 0 Å². The van der Waals surface area contributed by atoms with Gasteiger partial charge in [0.05, 0.1) is 13.2 Å². The Kier molecular flexibility index (Phi) is 5.95. The topological polar surface area (TPSA) is 64.3 Å². The summed E-state index contributed by atoms with van der Waals surface area (Å²) in [6.45, 7) is 5.75. The Hall–Kier alpha value is -1.62. The van der Waals surface area contributed by atoms with Crippen molar-refractivity contribution in [2.75, 3.05) is 7.11 Å². The third kappa shape index (κ3) is 4.49. The van der Waals surface area contributed by atoms with E-state index in [0.717, 1.165) is 0 Å². The molecule has 5 heteroatoms. The highest BCUT2D eigenvalue weighted by atomic mass is 19.1. The van der Waals surface area contributed by atoms with Crippen LogP contribution in [0.5, 0.6) is 5.75 Å². The van der Waals surface area contributed by atoms with Crippen LogP contribution in [0, 0.1) is 11.7 Å². The quantitative estimate of drug-likeness (QED) is 0.842. The summed E-state index contributed by atoms with van der Waals surface area (Å²) in [7, 11) is 1.41. The summed E-state index contributed by atoms with van der Waals surface area (Å²) < 4.78 is 18.5. The highest BCUT2D eigenvalue weighted by Crippen LogP contribution is 2.21. The van der Waals surface area contributed by atoms with Crippen LogP contribution in [0.2, 0.25) is 0 Å². The molecule has 1 aromatic rings. The van der Waals surface area contributed by atoms with Crippen molar-refractivity contribution in [3.63, 3.8) is 0 Å². The van der Waals surface area contributed by atoms with Crippen molar-refractivity contribution in [1.29, 1.82) is 0 Å². The average Bonchev–Trinajstić information content (AvgIpc) is 2.38. The number of carbonyl (C=O) groups excluding carboxylic acids is 1. The molecule has 0 saturated carbocycles. The summed E-state index contributed by atoms with van der Waals surface area (Å²) in [4.78, 5) is 11.8. The number of amides is 1. The van der Waals surface area contributed by atoms with Gasteiger partial charge in [-0.15, -0.1) is 0 Å². The molecule has 0 aliphatic heterocycles. The van der Waals surface area contributed by atoms with Crippen molar-refractivity contribution in [2.24, 2.45) is 11.7 Å². The van der Waals surface area contributed by atoms with E-state index in [1.807, 2.05) is 13.8 Å². The van der Waals surface area contributed by atoms with Crippen LogP contribution >= 0.6 is 0 Å². The number of nitrogens with two attached hydrogens (primary N) is 1. The molecular weight excluding hydrogens is 259 g/mol. The van der Waals surface area contributed by atoms with Crippen LogP contribution in [0.4, 0.5) is 4.39 Å². The summed E-state index contributed by atoms with van der Waals surface area (Å²) in [5.41, 5.74) is 6.55. The van der Waals surface area contributed by atoms with E-state index in [9.17, 15) is 9.18 Å². The summed E-state index contributed by atoms with van der Waals surface area (Å²) in [5, 5.41) is 2.82. The Morgan fingerprint density at radius 1 is 1.40 bits per heavy atom. The zero-order chi connectivity index (χ0) is 15.3. The van der Waals surface area contributed by atoms with Crippen LogP contribution in [0.1, 0.15) is 38.8 Å². The normalized spacial score (nSPS) is 13.9. The molecule has 0 bridgehead atoms. The first-order valence-electron chi connectivity index (χ1n) is 6.73. The fraction of sp³-hybridized carbons (Fsp3) is 0.533. The molecule has 0 aliphatic rings. The Bertz CT molecular complexity index is 463. The number of rotatable bonds is 6. The molecule has 4 nitrogen and oxygen atoms in total. The smallest absolute Gasteiger partial charge is 0.222 e. The second kappa shape index (κ2) is 7.24. The lowest BCUT2D eigenvalue weighted by Crippen LogP contribution is -2.35. The van der Waals surface area contributed by atoms with Gasteiger partial charge < -0.3 is 15.8 Å². The number of carbonyl (C=O) groups is 1. The van der Waals surface area contributed by atoms with Crippen LogP contribution < -0.4 is 15.8 Å². The molecule has 1 aromatic carbocycles.